The van der Waals surface area contributed by atoms with Crippen LogP contribution in [-0.4, -0.2) is 24.9 Å². The van der Waals surface area contributed by atoms with Gasteiger partial charge in [0, 0.05) is 30.5 Å². The summed E-state index contributed by atoms with van der Waals surface area (Å²) in [5.41, 5.74) is 5.79. The minimum atomic E-state index is -0.174. The summed E-state index contributed by atoms with van der Waals surface area (Å²) in [6, 6.07) is 8.60. The zero-order chi connectivity index (χ0) is 15.5. The van der Waals surface area contributed by atoms with Crippen LogP contribution in [0.1, 0.15) is 35.7 Å². The maximum Gasteiger partial charge on any atom is 0.141 e. The Balaban J connectivity index is 1.98. The Hall–Kier alpha value is -2.04. The fourth-order valence-corrected chi connectivity index (χ4v) is 2.92. The molecule has 1 aliphatic heterocycles. The van der Waals surface area contributed by atoms with Gasteiger partial charge in [0.1, 0.15) is 6.29 Å². The molecule has 2 heterocycles. The number of aromatic nitrogens is 1. The first-order valence-electron chi connectivity index (χ1n) is 7.67. The van der Waals surface area contributed by atoms with Crippen molar-refractivity contribution >= 4 is 6.29 Å². The van der Waals surface area contributed by atoms with Gasteiger partial charge < -0.3 is 15.4 Å². The van der Waals surface area contributed by atoms with E-state index in [2.05, 4.69) is 46.8 Å². The minimum Gasteiger partial charge on any atom is -0.313 e. The molecule has 4 heteroatoms. The van der Waals surface area contributed by atoms with Crippen LogP contribution in [-0.2, 0) is 11.2 Å². The van der Waals surface area contributed by atoms with Gasteiger partial charge in [0.05, 0.1) is 6.04 Å². The molecule has 2 unspecified atom stereocenters. The van der Waals surface area contributed by atoms with Gasteiger partial charge >= 0.3 is 0 Å². The second-order valence-electron chi connectivity index (χ2n) is 5.75. The number of aldehydes is 1. The van der Waals surface area contributed by atoms with E-state index in [0.29, 0.717) is 0 Å². The molecule has 2 N–H and O–H groups in total. The van der Waals surface area contributed by atoms with Gasteiger partial charge in [-0.1, -0.05) is 18.2 Å². The summed E-state index contributed by atoms with van der Waals surface area (Å²) >= 11 is 0. The largest absolute Gasteiger partial charge is 0.313 e. The van der Waals surface area contributed by atoms with E-state index in [4.69, 9.17) is 0 Å². The third kappa shape index (κ3) is 2.80. The maximum absolute atomic E-state index is 11.2. The van der Waals surface area contributed by atoms with E-state index in [1.165, 1.54) is 11.1 Å². The van der Waals surface area contributed by atoms with Crippen LogP contribution in [0, 0.1) is 0 Å². The highest BCUT2D eigenvalue weighted by Gasteiger charge is 2.19. The molecular formula is C18H21N3O. The zero-order valence-corrected chi connectivity index (χ0v) is 13.0. The predicted molar refractivity (Wildman–Crippen MR) is 87.7 cm³/mol. The Morgan fingerprint density at radius 3 is 2.95 bits per heavy atom. The van der Waals surface area contributed by atoms with Crippen molar-refractivity contribution in [1.29, 1.82) is 0 Å². The van der Waals surface area contributed by atoms with Crippen LogP contribution in [0.25, 0.3) is 11.1 Å². The van der Waals surface area contributed by atoms with Crippen molar-refractivity contribution < 1.29 is 4.79 Å². The van der Waals surface area contributed by atoms with Crippen molar-refractivity contribution in [2.24, 2.45) is 0 Å². The van der Waals surface area contributed by atoms with E-state index in [0.717, 1.165) is 35.9 Å². The van der Waals surface area contributed by atoms with Crippen molar-refractivity contribution in [2.75, 3.05) is 13.6 Å². The summed E-state index contributed by atoms with van der Waals surface area (Å²) in [4.78, 5) is 15.5. The summed E-state index contributed by atoms with van der Waals surface area (Å²) in [5.74, 6) is 0. The maximum atomic E-state index is 11.2. The number of nitrogens with zero attached hydrogens (tertiary/aromatic N) is 1. The lowest BCUT2D eigenvalue weighted by Crippen LogP contribution is -2.30. The molecule has 0 bridgehead atoms. The van der Waals surface area contributed by atoms with Crippen molar-refractivity contribution in [1.82, 2.24) is 15.6 Å². The quantitative estimate of drug-likeness (QED) is 0.851. The molecule has 3 rings (SSSR count). The summed E-state index contributed by atoms with van der Waals surface area (Å²) in [6.07, 6.45) is 5.73. The highest BCUT2D eigenvalue weighted by molar-refractivity contribution is 5.69. The third-order valence-electron chi connectivity index (χ3n) is 4.40. The molecule has 0 amide bonds. The van der Waals surface area contributed by atoms with Gasteiger partial charge in [-0.25, -0.2) is 0 Å². The fourth-order valence-electron chi connectivity index (χ4n) is 2.92. The lowest BCUT2D eigenvalue weighted by atomic mass is 9.91. The molecule has 0 aliphatic carbocycles. The number of benzene rings is 1. The van der Waals surface area contributed by atoms with Gasteiger partial charge in [-0.15, -0.1) is 0 Å². The molecule has 0 spiro atoms. The smallest absolute Gasteiger partial charge is 0.141 e. The summed E-state index contributed by atoms with van der Waals surface area (Å²) in [6.45, 7) is 2.96. The highest BCUT2D eigenvalue weighted by Crippen LogP contribution is 2.28. The normalized spacial score (nSPS) is 18.5. The molecule has 22 heavy (non-hydrogen) atoms. The molecule has 1 aromatic carbocycles. The Labute approximate surface area is 131 Å². The van der Waals surface area contributed by atoms with E-state index in [9.17, 15) is 4.79 Å². The number of carbonyl (C=O) groups excluding carboxylic acids is 1. The van der Waals surface area contributed by atoms with Gasteiger partial charge in [-0.3, -0.25) is 4.98 Å². The Bertz CT molecular complexity index is 684. The van der Waals surface area contributed by atoms with Crippen LogP contribution in [0.3, 0.4) is 0 Å². The van der Waals surface area contributed by atoms with Gasteiger partial charge in [0.15, 0.2) is 0 Å². The number of carbonyl (C=O) groups is 1. The van der Waals surface area contributed by atoms with Crippen molar-refractivity contribution in [3.63, 3.8) is 0 Å². The second-order valence-corrected chi connectivity index (χ2v) is 5.75. The third-order valence-corrected chi connectivity index (χ3v) is 4.40. The molecule has 114 valence electrons. The SMILES string of the molecule is CNC(C)c1cncc(-c2ccc3c(c2)CCNC3C=O)c1. The van der Waals surface area contributed by atoms with Crippen LogP contribution >= 0.6 is 0 Å². The molecule has 2 atom stereocenters. The predicted octanol–water partition coefficient (Wildman–Crippen LogP) is 2.41. The molecule has 4 nitrogen and oxygen atoms in total. The first kappa shape index (κ1) is 14.9. The monoisotopic (exact) mass is 295 g/mol. The molecule has 0 fully saturated rings. The van der Waals surface area contributed by atoms with Crippen LogP contribution in [0.5, 0.6) is 0 Å². The average Bonchev–Trinajstić information content (AvgIpc) is 2.60. The Morgan fingerprint density at radius 2 is 2.18 bits per heavy atom. The van der Waals surface area contributed by atoms with Crippen molar-refractivity contribution in [2.45, 2.75) is 25.4 Å². The van der Waals surface area contributed by atoms with Crippen LogP contribution < -0.4 is 10.6 Å². The second kappa shape index (κ2) is 6.38. The topological polar surface area (TPSA) is 54.0 Å². The summed E-state index contributed by atoms with van der Waals surface area (Å²) in [5, 5.41) is 6.46. The summed E-state index contributed by atoms with van der Waals surface area (Å²) in [7, 11) is 1.95. The molecule has 2 aromatic rings. The molecular weight excluding hydrogens is 274 g/mol. The molecule has 0 saturated heterocycles. The first-order chi connectivity index (χ1) is 10.7. The number of rotatable bonds is 4. The van der Waals surface area contributed by atoms with E-state index in [-0.39, 0.29) is 12.1 Å². The van der Waals surface area contributed by atoms with Gasteiger partial charge in [0.2, 0.25) is 0 Å². The standard InChI is InChI=1S/C18H21N3O/c1-12(19-2)15-8-16(10-20-9-15)13-3-4-17-14(7-13)5-6-21-18(17)11-22/h3-4,7-12,18-19,21H,5-6H2,1-2H3. The molecule has 1 aromatic heterocycles. The van der Waals surface area contributed by atoms with Gasteiger partial charge in [-0.2, -0.15) is 0 Å². The lowest BCUT2D eigenvalue weighted by molar-refractivity contribution is -0.109. The number of hydrogen-bond acceptors (Lipinski definition) is 4. The van der Waals surface area contributed by atoms with Crippen molar-refractivity contribution in [3.8, 4) is 11.1 Å². The Morgan fingerprint density at radius 1 is 1.32 bits per heavy atom. The van der Waals surface area contributed by atoms with Crippen LogP contribution in [0.15, 0.2) is 36.7 Å². The summed E-state index contributed by atoms with van der Waals surface area (Å²) < 4.78 is 0. The van der Waals surface area contributed by atoms with E-state index < -0.39 is 0 Å². The Kier molecular flexibility index (Phi) is 4.32. The minimum absolute atomic E-state index is 0.174. The number of nitrogens with one attached hydrogen (secondary N) is 2. The number of fused-ring (bicyclic) bond motifs is 1. The zero-order valence-electron chi connectivity index (χ0n) is 13.0. The fraction of sp³-hybridized carbons (Fsp3) is 0.333. The van der Waals surface area contributed by atoms with Crippen molar-refractivity contribution in [3.05, 3.63) is 53.3 Å². The average molecular weight is 295 g/mol. The number of hydrogen-bond donors (Lipinski definition) is 2. The lowest BCUT2D eigenvalue weighted by Gasteiger charge is -2.23. The van der Waals surface area contributed by atoms with Gasteiger partial charge in [-0.05, 0) is 48.7 Å². The first-order valence-corrected chi connectivity index (χ1v) is 7.67. The van der Waals surface area contributed by atoms with E-state index in [1.807, 2.05) is 19.4 Å². The molecule has 0 saturated carbocycles. The van der Waals surface area contributed by atoms with Crippen LogP contribution in [0.2, 0.25) is 0 Å². The van der Waals surface area contributed by atoms with E-state index >= 15 is 0 Å². The van der Waals surface area contributed by atoms with Gasteiger partial charge in [0.25, 0.3) is 0 Å². The highest BCUT2D eigenvalue weighted by atomic mass is 16.1. The molecule has 1 aliphatic rings. The number of pyridine rings is 1. The van der Waals surface area contributed by atoms with Crippen LogP contribution in [0.4, 0.5) is 0 Å². The molecule has 0 radical (unpaired) electrons. The van der Waals surface area contributed by atoms with E-state index in [1.54, 1.807) is 0 Å².